The second-order valence-corrected chi connectivity index (χ2v) is 10.9. The van der Waals surface area contributed by atoms with E-state index in [0.717, 1.165) is 25.2 Å². The number of hydrogen-bond acceptors (Lipinski definition) is 6. The van der Waals surface area contributed by atoms with E-state index >= 15 is 0 Å². The highest BCUT2D eigenvalue weighted by molar-refractivity contribution is 5.83. The predicted molar refractivity (Wildman–Crippen MR) is 145 cm³/mol. The minimum atomic E-state index is -0.574. The molecule has 0 saturated heterocycles. The van der Waals surface area contributed by atoms with Crippen LogP contribution in [0.15, 0.2) is 12.2 Å². The zero-order valence-electron chi connectivity index (χ0n) is 23.7. The largest absolute Gasteiger partial charge is 0.467 e. The summed E-state index contributed by atoms with van der Waals surface area (Å²) in [6.45, 7) is 5.14. The first-order valence-electron chi connectivity index (χ1n) is 13.9. The first-order valence-corrected chi connectivity index (χ1v) is 13.9. The maximum atomic E-state index is 11.5. The van der Waals surface area contributed by atoms with Gasteiger partial charge < -0.3 is 20.1 Å². The van der Waals surface area contributed by atoms with E-state index in [-0.39, 0.29) is 17.8 Å². The van der Waals surface area contributed by atoms with Gasteiger partial charge in [0.15, 0.2) is 0 Å². The van der Waals surface area contributed by atoms with Crippen LogP contribution in [0.4, 0.5) is 0 Å². The van der Waals surface area contributed by atoms with Crippen molar-refractivity contribution in [2.24, 2.45) is 11.3 Å². The number of unbranched alkanes of at least 4 members (excludes halogenated alkanes) is 1. The SMILES string of the molecule is COC(=O)[C@H](CC=CCC1(C)CCCC1)NC(C)=O.COC(=O)[C@H](CCCCC1CCCC1)NC(C)=O. The Labute approximate surface area is 223 Å². The number of hydrogen-bond donors (Lipinski definition) is 2. The van der Waals surface area contributed by atoms with Gasteiger partial charge in [-0.25, -0.2) is 9.59 Å². The van der Waals surface area contributed by atoms with Gasteiger partial charge in [-0.05, 0) is 43.4 Å². The molecule has 2 aliphatic rings. The van der Waals surface area contributed by atoms with Crippen molar-refractivity contribution < 1.29 is 28.7 Å². The van der Waals surface area contributed by atoms with Crippen LogP contribution < -0.4 is 10.6 Å². The number of ether oxygens (including phenoxy) is 2. The molecule has 2 N–H and O–H groups in total. The number of methoxy groups -OCH3 is 2. The second-order valence-electron chi connectivity index (χ2n) is 10.9. The molecule has 8 nitrogen and oxygen atoms in total. The summed E-state index contributed by atoms with van der Waals surface area (Å²) in [6.07, 6.45) is 20.4. The summed E-state index contributed by atoms with van der Waals surface area (Å²) in [5.74, 6) is -0.243. The number of allylic oxidation sites excluding steroid dienone is 1. The average Bonchev–Trinajstić information content (AvgIpc) is 3.54. The maximum absolute atomic E-state index is 11.5. The van der Waals surface area contributed by atoms with Gasteiger partial charge in [0, 0.05) is 13.8 Å². The summed E-state index contributed by atoms with van der Waals surface area (Å²) < 4.78 is 9.37. The van der Waals surface area contributed by atoms with Crippen LogP contribution in [0.25, 0.3) is 0 Å². The Balaban J connectivity index is 0.000000371. The molecule has 0 spiro atoms. The summed E-state index contributed by atoms with van der Waals surface area (Å²) in [4.78, 5) is 45.0. The van der Waals surface area contributed by atoms with Gasteiger partial charge in [-0.2, -0.15) is 0 Å². The van der Waals surface area contributed by atoms with Crippen molar-refractivity contribution in [3.63, 3.8) is 0 Å². The van der Waals surface area contributed by atoms with E-state index in [1.54, 1.807) is 0 Å². The molecule has 0 aromatic heterocycles. The monoisotopic (exact) mass is 522 g/mol. The normalized spacial score (nSPS) is 18.4. The molecule has 0 unspecified atom stereocenters. The minimum absolute atomic E-state index is 0.179. The highest BCUT2D eigenvalue weighted by Gasteiger charge is 2.27. The third kappa shape index (κ3) is 14.2. The van der Waals surface area contributed by atoms with Crippen LogP contribution in [0.5, 0.6) is 0 Å². The third-order valence-corrected chi connectivity index (χ3v) is 7.52. The molecule has 2 fully saturated rings. The number of esters is 2. The molecule has 0 heterocycles. The number of amides is 2. The van der Waals surface area contributed by atoms with Crippen LogP contribution in [-0.4, -0.2) is 50.1 Å². The van der Waals surface area contributed by atoms with Crippen molar-refractivity contribution in [3.8, 4) is 0 Å². The summed E-state index contributed by atoms with van der Waals surface area (Å²) in [7, 11) is 2.69. The van der Waals surface area contributed by atoms with Crippen LogP contribution in [0.3, 0.4) is 0 Å². The van der Waals surface area contributed by atoms with E-state index in [4.69, 9.17) is 4.74 Å². The van der Waals surface area contributed by atoms with Gasteiger partial charge in [0.2, 0.25) is 11.8 Å². The molecule has 0 aromatic carbocycles. The van der Waals surface area contributed by atoms with E-state index in [1.165, 1.54) is 85.9 Å². The number of rotatable bonds is 13. The molecule has 0 aromatic rings. The number of carbonyl (C=O) groups is 4. The number of carbonyl (C=O) groups excluding carboxylic acids is 4. The fourth-order valence-electron chi connectivity index (χ4n) is 5.35. The standard InChI is InChI=1S/C15H25NO3.C14H25NO3/c1-12(17)16-13(14(18)19-3)8-4-5-9-15(2)10-6-7-11-15;1-11(16)15-13(14(17)18-2)10-6-5-9-12-7-3-4-8-12/h4-5,13H,6-11H2,1-3H3,(H,16,17);12-13H,3-10H2,1-2H3,(H,15,16)/t2*13-/m00/s1. The predicted octanol–water partition coefficient (Wildman–Crippen LogP) is 5.00. The second kappa shape index (κ2) is 18.0. The van der Waals surface area contributed by atoms with Gasteiger partial charge in [0.1, 0.15) is 12.1 Å². The van der Waals surface area contributed by atoms with Gasteiger partial charge in [-0.3, -0.25) is 9.59 Å². The lowest BCUT2D eigenvalue weighted by Gasteiger charge is -2.21. The molecule has 212 valence electrons. The van der Waals surface area contributed by atoms with Crippen LogP contribution in [0.1, 0.15) is 111 Å². The molecule has 8 heteroatoms. The lowest BCUT2D eigenvalue weighted by atomic mass is 9.85. The number of nitrogens with one attached hydrogen (secondary N) is 2. The van der Waals surface area contributed by atoms with Crippen molar-refractivity contribution in [2.45, 2.75) is 123 Å². The Bertz CT molecular complexity index is 739. The minimum Gasteiger partial charge on any atom is -0.467 e. The molecular formula is C29H50N2O6. The van der Waals surface area contributed by atoms with E-state index in [9.17, 15) is 19.2 Å². The van der Waals surface area contributed by atoms with Crippen LogP contribution in [-0.2, 0) is 28.7 Å². The van der Waals surface area contributed by atoms with Gasteiger partial charge in [-0.1, -0.05) is 76.9 Å². The first kappa shape index (κ1) is 32.6. The zero-order valence-corrected chi connectivity index (χ0v) is 23.7. The molecule has 2 atom stereocenters. The fourth-order valence-corrected chi connectivity index (χ4v) is 5.35. The molecule has 2 saturated carbocycles. The van der Waals surface area contributed by atoms with Crippen molar-refractivity contribution in [3.05, 3.63) is 12.2 Å². The van der Waals surface area contributed by atoms with Gasteiger partial charge in [0.05, 0.1) is 14.2 Å². The molecule has 2 aliphatic carbocycles. The van der Waals surface area contributed by atoms with Crippen molar-refractivity contribution in [2.75, 3.05) is 14.2 Å². The zero-order chi connectivity index (χ0) is 27.7. The lowest BCUT2D eigenvalue weighted by Crippen LogP contribution is -2.40. The Morgan fingerprint density at radius 2 is 1.38 bits per heavy atom. The smallest absolute Gasteiger partial charge is 0.328 e. The molecule has 0 bridgehead atoms. The van der Waals surface area contributed by atoms with Crippen molar-refractivity contribution in [1.82, 2.24) is 10.6 Å². The van der Waals surface area contributed by atoms with Crippen LogP contribution >= 0.6 is 0 Å². The van der Waals surface area contributed by atoms with Gasteiger partial charge in [-0.15, -0.1) is 0 Å². The highest BCUT2D eigenvalue weighted by atomic mass is 16.5. The summed E-state index contributed by atoms with van der Waals surface area (Å²) >= 11 is 0. The van der Waals surface area contributed by atoms with E-state index in [2.05, 4.69) is 28.4 Å². The molecule has 0 aliphatic heterocycles. The van der Waals surface area contributed by atoms with Crippen molar-refractivity contribution in [1.29, 1.82) is 0 Å². The lowest BCUT2D eigenvalue weighted by molar-refractivity contribution is -0.145. The van der Waals surface area contributed by atoms with E-state index in [1.807, 2.05) is 6.08 Å². The van der Waals surface area contributed by atoms with Crippen LogP contribution in [0.2, 0.25) is 0 Å². The van der Waals surface area contributed by atoms with Gasteiger partial charge in [0.25, 0.3) is 0 Å². The Morgan fingerprint density at radius 3 is 1.92 bits per heavy atom. The summed E-state index contributed by atoms with van der Waals surface area (Å²) in [5.41, 5.74) is 0.422. The quantitative estimate of drug-likeness (QED) is 0.200. The highest BCUT2D eigenvalue weighted by Crippen LogP contribution is 2.40. The van der Waals surface area contributed by atoms with E-state index < -0.39 is 18.1 Å². The molecule has 37 heavy (non-hydrogen) atoms. The molecule has 2 amide bonds. The van der Waals surface area contributed by atoms with Crippen LogP contribution in [0, 0.1) is 11.3 Å². The Hall–Kier alpha value is -2.38. The molecule has 0 radical (unpaired) electrons. The Kier molecular flexibility index (Phi) is 15.9. The third-order valence-electron chi connectivity index (χ3n) is 7.52. The topological polar surface area (TPSA) is 111 Å². The molecule has 2 rings (SSSR count). The fraction of sp³-hybridized carbons (Fsp3) is 0.793. The summed E-state index contributed by atoms with van der Waals surface area (Å²) in [6, 6.07) is -1.05. The average molecular weight is 523 g/mol. The summed E-state index contributed by atoms with van der Waals surface area (Å²) in [5, 5.41) is 5.25. The van der Waals surface area contributed by atoms with Gasteiger partial charge >= 0.3 is 11.9 Å². The van der Waals surface area contributed by atoms with Crippen molar-refractivity contribution >= 4 is 23.8 Å². The van der Waals surface area contributed by atoms with E-state index in [0.29, 0.717) is 18.3 Å². The molecular weight excluding hydrogens is 472 g/mol. The first-order chi connectivity index (χ1) is 17.6. The maximum Gasteiger partial charge on any atom is 0.328 e. The Morgan fingerprint density at radius 1 is 0.838 bits per heavy atom.